The molecule has 2 heteroatoms. The van der Waals surface area contributed by atoms with Crippen LogP contribution in [0.3, 0.4) is 0 Å². The van der Waals surface area contributed by atoms with Crippen LogP contribution < -0.4 is 0 Å². The van der Waals surface area contributed by atoms with Gasteiger partial charge in [-0.25, -0.2) is 0 Å². The van der Waals surface area contributed by atoms with Crippen LogP contribution in [0.25, 0.3) is 0 Å². The van der Waals surface area contributed by atoms with E-state index in [1.165, 1.54) is 70.6 Å². The van der Waals surface area contributed by atoms with Crippen molar-refractivity contribution in [2.75, 3.05) is 0 Å². The molecule has 0 aliphatic heterocycles. The molecule has 1 atom stereocenters. The highest BCUT2D eigenvalue weighted by Crippen LogP contribution is 2.13. The van der Waals surface area contributed by atoms with Crippen molar-refractivity contribution in [2.45, 2.75) is 103 Å². The second-order valence-corrected chi connectivity index (χ2v) is 5.94. The Labute approximate surface area is 126 Å². The monoisotopic (exact) mass is 284 g/mol. The molecule has 2 N–H and O–H groups in total. The number of aliphatic hydroxyl groups is 2. The third-order valence-electron chi connectivity index (χ3n) is 3.90. The number of aliphatic hydroxyl groups excluding tert-OH is 2. The molecule has 0 spiro atoms. The van der Waals surface area contributed by atoms with Crippen LogP contribution in [0.2, 0.25) is 0 Å². The molecule has 0 unspecified atom stereocenters. The van der Waals surface area contributed by atoms with Crippen LogP contribution in [-0.2, 0) is 0 Å². The predicted octanol–water partition coefficient (Wildman–Crippen LogP) is 5.90. The molecule has 0 aliphatic carbocycles. The maximum absolute atomic E-state index is 9.84. The summed E-state index contributed by atoms with van der Waals surface area (Å²) in [6, 6.07) is 0. The van der Waals surface area contributed by atoms with Gasteiger partial charge in [0.1, 0.15) is 0 Å². The van der Waals surface area contributed by atoms with Gasteiger partial charge in [-0.2, -0.15) is 0 Å². The summed E-state index contributed by atoms with van der Waals surface area (Å²) in [6.45, 7) is 2.22. The number of rotatable bonds is 15. The summed E-state index contributed by atoms with van der Waals surface area (Å²) < 4.78 is 0. The maximum atomic E-state index is 9.84. The minimum absolute atomic E-state index is 0.0582. The van der Waals surface area contributed by atoms with Crippen LogP contribution in [0.5, 0.6) is 0 Å². The van der Waals surface area contributed by atoms with Crippen LogP contribution in [0, 0.1) is 0 Å². The van der Waals surface area contributed by atoms with Gasteiger partial charge in [-0.1, -0.05) is 77.2 Å². The highest BCUT2D eigenvalue weighted by molar-refractivity contribution is 4.70. The average Bonchev–Trinajstić information content (AvgIpc) is 2.45. The minimum Gasteiger partial charge on any atom is -0.516 e. The maximum Gasteiger partial charge on any atom is 0.0751 e. The molecule has 0 aromatic carbocycles. The third kappa shape index (κ3) is 15.6. The SMILES string of the molecule is CCCCCC[C@@H](O)CCCCCCCCC/C=C\O. The van der Waals surface area contributed by atoms with Crippen LogP contribution in [0.15, 0.2) is 12.3 Å². The number of unbranched alkanes of at least 4 members (excludes halogenated alkanes) is 10. The molecule has 0 aromatic rings. The van der Waals surface area contributed by atoms with Gasteiger partial charge in [-0.3, -0.25) is 0 Å². The molecule has 120 valence electrons. The molecular weight excluding hydrogens is 248 g/mol. The first-order chi connectivity index (χ1) is 9.81. The zero-order valence-electron chi connectivity index (χ0n) is 13.5. The van der Waals surface area contributed by atoms with E-state index in [-0.39, 0.29) is 6.10 Å². The molecule has 0 bridgehead atoms. The second-order valence-electron chi connectivity index (χ2n) is 5.94. The van der Waals surface area contributed by atoms with Gasteiger partial charge in [0.15, 0.2) is 0 Å². The van der Waals surface area contributed by atoms with E-state index in [4.69, 9.17) is 5.11 Å². The predicted molar refractivity (Wildman–Crippen MR) is 88.1 cm³/mol. The van der Waals surface area contributed by atoms with E-state index in [0.29, 0.717) is 0 Å². The molecule has 0 aromatic heterocycles. The van der Waals surface area contributed by atoms with Crippen molar-refractivity contribution in [1.29, 1.82) is 0 Å². The first-order valence-electron chi connectivity index (χ1n) is 8.78. The van der Waals surface area contributed by atoms with Gasteiger partial charge in [0.25, 0.3) is 0 Å². The summed E-state index contributed by atoms with van der Waals surface area (Å²) in [6.07, 6.45) is 19.8. The van der Waals surface area contributed by atoms with Crippen molar-refractivity contribution in [1.82, 2.24) is 0 Å². The normalized spacial score (nSPS) is 13.1. The zero-order valence-corrected chi connectivity index (χ0v) is 13.5. The first-order valence-corrected chi connectivity index (χ1v) is 8.78. The molecule has 0 heterocycles. The lowest BCUT2D eigenvalue weighted by molar-refractivity contribution is 0.147. The minimum atomic E-state index is -0.0582. The Morgan fingerprint density at radius 1 is 0.750 bits per heavy atom. The Kier molecular flexibility index (Phi) is 16.1. The molecule has 0 saturated carbocycles. The van der Waals surface area contributed by atoms with Gasteiger partial charge in [0.2, 0.25) is 0 Å². The summed E-state index contributed by atoms with van der Waals surface area (Å²) in [7, 11) is 0. The zero-order chi connectivity index (χ0) is 14.9. The average molecular weight is 284 g/mol. The van der Waals surface area contributed by atoms with Crippen LogP contribution in [0.1, 0.15) is 96.8 Å². The Bertz CT molecular complexity index is 202. The van der Waals surface area contributed by atoms with Crippen molar-refractivity contribution in [2.24, 2.45) is 0 Å². The van der Waals surface area contributed by atoms with E-state index < -0.39 is 0 Å². The second kappa shape index (κ2) is 16.6. The van der Waals surface area contributed by atoms with E-state index in [0.717, 1.165) is 25.5 Å². The largest absolute Gasteiger partial charge is 0.516 e. The molecule has 0 rings (SSSR count). The fourth-order valence-electron chi connectivity index (χ4n) is 2.55. The van der Waals surface area contributed by atoms with Gasteiger partial charge in [0.05, 0.1) is 12.4 Å². The summed E-state index contributed by atoms with van der Waals surface area (Å²) in [4.78, 5) is 0. The Balaban J connectivity index is 3.11. The number of hydrogen-bond donors (Lipinski definition) is 2. The highest BCUT2D eigenvalue weighted by atomic mass is 16.3. The van der Waals surface area contributed by atoms with Gasteiger partial charge in [-0.15, -0.1) is 0 Å². The highest BCUT2D eigenvalue weighted by Gasteiger charge is 2.03. The van der Waals surface area contributed by atoms with E-state index >= 15 is 0 Å². The van der Waals surface area contributed by atoms with Crippen molar-refractivity contribution in [3.8, 4) is 0 Å². The van der Waals surface area contributed by atoms with Gasteiger partial charge >= 0.3 is 0 Å². The number of allylic oxidation sites excluding steroid dienone is 1. The third-order valence-corrected chi connectivity index (χ3v) is 3.90. The Morgan fingerprint density at radius 3 is 1.80 bits per heavy atom. The van der Waals surface area contributed by atoms with Crippen LogP contribution >= 0.6 is 0 Å². The fourth-order valence-corrected chi connectivity index (χ4v) is 2.55. The van der Waals surface area contributed by atoms with E-state index in [2.05, 4.69) is 6.92 Å². The van der Waals surface area contributed by atoms with Crippen molar-refractivity contribution < 1.29 is 10.2 Å². The lowest BCUT2D eigenvalue weighted by Crippen LogP contribution is -2.05. The molecule has 0 fully saturated rings. The van der Waals surface area contributed by atoms with Crippen molar-refractivity contribution >= 4 is 0 Å². The van der Waals surface area contributed by atoms with E-state index in [9.17, 15) is 5.11 Å². The Morgan fingerprint density at radius 2 is 1.25 bits per heavy atom. The standard InChI is InChI=1S/C18H36O2/c1-2-3-4-12-15-18(20)16-13-10-8-6-5-7-9-11-14-17-19/h14,17-20H,2-13,15-16H2,1H3/b17-14-/t18-/m1/s1. The lowest BCUT2D eigenvalue weighted by atomic mass is 10.0. The first kappa shape index (κ1) is 19.5. The molecule has 0 radical (unpaired) electrons. The molecule has 0 amide bonds. The van der Waals surface area contributed by atoms with Crippen molar-refractivity contribution in [3.63, 3.8) is 0 Å². The number of hydrogen-bond acceptors (Lipinski definition) is 2. The van der Waals surface area contributed by atoms with E-state index in [1.54, 1.807) is 0 Å². The lowest BCUT2D eigenvalue weighted by Gasteiger charge is -2.10. The Hall–Kier alpha value is -0.500. The topological polar surface area (TPSA) is 40.5 Å². The van der Waals surface area contributed by atoms with Crippen LogP contribution in [0.4, 0.5) is 0 Å². The van der Waals surface area contributed by atoms with Gasteiger partial charge in [0, 0.05) is 0 Å². The van der Waals surface area contributed by atoms with Crippen molar-refractivity contribution in [3.05, 3.63) is 12.3 Å². The van der Waals surface area contributed by atoms with Gasteiger partial charge < -0.3 is 10.2 Å². The molecule has 0 saturated heterocycles. The fraction of sp³-hybridized carbons (Fsp3) is 0.889. The summed E-state index contributed by atoms with van der Waals surface area (Å²) in [5.41, 5.74) is 0. The van der Waals surface area contributed by atoms with E-state index in [1.807, 2.05) is 6.08 Å². The van der Waals surface area contributed by atoms with Gasteiger partial charge in [-0.05, 0) is 25.7 Å². The smallest absolute Gasteiger partial charge is 0.0751 e. The molecule has 2 nitrogen and oxygen atoms in total. The summed E-state index contributed by atoms with van der Waals surface area (Å²) >= 11 is 0. The summed E-state index contributed by atoms with van der Waals surface area (Å²) in [5, 5.41) is 18.3. The molecule has 0 aliphatic rings. The summed E-state index contributed by atoms with van der Waals surface area (Å²) in [5.74, 6) is 0. The van der Waals surface area contributed by atoms with Crippen LogP contribution in [-0.4, -0.2) is 16.3 Å². The molecule has 20 heavy (non-hydrogen) atoms. The quantitative estimate of drug-likeness (QED) is 0.290. The molecular formula is C18H36O2.